The van der Waals surface area contributed by atoms with E-state index in [1.165, 1.54) is 0 Å². The van der Waals surface area contributed by atoms with Gasteiger partial charge < -0.3 is 31.3 Å². The fourth-order valence-electron chi connectivity index (χ4n) is 7.67. The predicted octanol–water partition coefficient (Wildman–Crippen LogP) is -0.0608. The molecule has 0 aliphatic rings. The van der Waals surface area contributed by atoms with Crippen molar-refractivity contribution in [1.82, 2.24) is 0 Å². The largest absolute Gasteiger partial charge is 1.00 e. The zero-order valence-electron chi connectivity index (χ0n) is 36.9. The number of nitrogens with two attached hydrogens (primary N) is 2. The van der Waals surface area contributed by atoms with E-state index in [0.717, 1.165) is 128 Å². The molecule has 0 fully saturated rings. The van der Waals surface area contributed by atoms with Crippen LogP contribution in [0, 0.1) is 10.8 Å². The summed E-state index contributed by atoms with van der Waals surface area (Å²) in [6.07, 6.45) is 21.4. The number of hydrogen-bond acceptors (Lipinski definition) is 10. The number of carboxylic acid groups (broad SMARTS) is 2. The van der Waals surface area contributed by atoms with Gasteiger partial charge in [0.25, 0.3) is 20.2 Å². The van der Waals surface area contributed by atoms with Crippen LogP contribution >= 0.6 is 0 Å². The van der Waals surface area contributed by atoms with Crippen molar-refractivity contribution in [2.45, 2.75) is 218 Å². The van der Waals surface area contributed by atoms with Crippen LogP contribution in [0.3, 0.4) is 0 Å². The van der Waals surface area contributed by atoms with Gasteiger partial charge in [-0.25, -0.2) is 0 Å². The van der Waals surface area contributed by atoms with Crippen LogP contribution in [0.15, 0.2) is 0 Å². The van der Waals surface area contributed by atoms with Gasteiger partial charge in [-0.05, 0) is 25.7 Å². The van der Waals surface area contributed by atoms with Crippen molar-refractivity contribution in [3.63, 3.8) is 0 Å². The van der Waals surface area contributed by atoms with Crippen molar-refractivity contribution < 1.29 is 114 Å². The maximum absolute atomic E-state index is 12.3. The second-order valence-corrected chi connectivity index (χ2v) is 18.5. The summed E-state index contributed by atoms with van der Waals surface area (Å²) < 4.78 is 66.2. The first-order valence-electron chi connectivity index (χ1n) is 21.2. The molecule has 0 heterocycles. The first kappa shape index (κ1) is 64.3. The van der Waals surface area contributed by atoms with Crippen LogP contribution in [0.4, 0.5) is 0 Å². The Labute approximate surface area is 395 Å². The number of rotatable bonds is 36. The monoisotopic (exact) mass is 886 g/mol. The molecule has 2 unspecified atom stereocenters. The van der Waals surface area contributed by atoms with Gasteiger partial charge in [-0.15, -0.1) is 0 Å². The standard InChI is InChI=1S/2C20H39NO6S.2Na/c2*1-3-5-7-9-11-13-15-20(19(21)24,16-14-12-10-8-6-4-2)17(18(22)23)28(25,26)27;;/h2*17H,3-16H2,1-2H3,(H2,21,24)(H,22,23)(H,25,26,27);;/q;;2*+1/p-2. The molecule has 0 radical (unpaired) electrons. The molecule has 0 saturated heterocycles. The maximum Gasteiger partial charge on any atom is 1.00 e. The normalized spacial score (nSPS) is 12.9. The van der Waals surface area contributed by atoms with Gasteiger partial charge in [0.1, 0.15) is 10.5 Å². The summed E-state index contributed by atoms with van der Waals surface area (Å²) in [6, 6.07) is 0. The molecule has 2 atom stereocenters. The van der Waals surface area contributed by atoms with E-state index in [1.54, 1.807) is 0 Å². The van der Waals surface area contributed by atoms with Crippen molar-refractivity contribution in [3.05, 3.63) is 0 Å². The SMILES string of the molecule is CCCCCCCCC(CCCCCCCC)(C(N)=O)C(C(=O)[O-])S(=O)(=O)O.CCCCCCCCC(CCCCCCCC)(C(N)=O)C(C(=O)[O-])S(=O)(=O)O.[Na+].[Na+]. The first-order valence-corrected chi connectivity index (χ1v) is 24.2. The molecule has 6 N–H and O–H groups in total. The first-order chi connectivity index (χ1) is 26.3. The molecule has 14 nitrogen and oxygen atoms in total. The molecular weight excluding hydrogens is 811 g/mol. The van der Waals surface area contributed by atoms with Gasteiger partial charge in [0, 0.05) is 0 Å². The van der Waals surface area contributed by atoms with Crippen LogP contribution in [0.25, 0.3) is 0 Å². The summed E-state index contributed by atoms with van der Waals surface area (Å²) >= 11 is 0. The molecule has 0 aromatic carbocycles. The van der Waals surface area contributed by atoms with Crippen molar-refractivity contribution in [2.75, 3.05) is 0 Å². The van der Waals surface area contributed by atoms with E-state index in [1.807, 2.05) is 0 Å². The Morgan fingerprint density at radius 1 is 0.431 bits per heavy atom. The quantitative estimate of drug-likeness (QED) is 0.0366. The zero-order valence-corrected chi connectivity index (χ0v) is 42.5. The summed E-state index contributed by atoms with van der Waals surface area (Å²) in [5, 5.41) is 18.5. The number of carbonyl (C=O) groups is 4. The minimum absolute atomic E-state index is 0. The van der Waals surface area contributed by atoms with E-state index in [0.29, 0.717) is 25.7 Å². The van der Waals surface area contributed by atoms with Crippen LogP contribution in [0.1, 0.15) is 207 Å². The van der Waals surface area contributed by atoms with Gasteiger partial charge >= 0.3 is 59.1 Å². The van der Waals surface area contributed by atoms with Crippen LogP contribution in [-0.4, -0.2) is 60.2 Å². The molecule has 2 amide bonds. The summed E-state index contributed by atoms with van der Waals surface area (Å²) in [4.78, 5) is 47.8. The average Bonchev–Trinajstić information content (AvgIpc) is 3.08. The van der Waals surface area contributed by atoms with Crippen molar-refractivity contribution >= 4 is 44.0 Å². The van der Waals surface area contributed by atoms with E-state index in [2.05, 4.69) is 27.7 Å². The van der Waals surface area contributed by atoms with E-state index in [-0.39, 0.29) is 84.8 Å². The summed E-state index contributed by atoms with van der Waals surface area (Å²) in [7, 11) is -10.1. The number of hydrogen-bond donors (Lipinski definition) is 4. The van der Waals surface area contributed by atoms with E-state index < -0.39 is 65.3 Å². The fourth-order valence-corrected chi connectivity index (χ4v) is 10.0. The molecule has 0 aliphatic carbocycles. The molecule has 0 saturated carbocycles. The van der Waals surface area contributed by atoms with Gasteiger partial charge in [-0.3, -0.25) is 18.7 Å². The van der Waals surface area contributed by atoms with Crippen molar-refractivity contribution in [2.24, 2.45) is 22.3 Å². The van der Waals surface area contributed by atoms with Gasteiger partial charge in [-0.1, -0.05) is 182 Å². The maximum atomic E-state index is 12.3. The number of amides is 2. The molecule has 58 heavy (non-hydrogen) atoms. The third-order valence-corrected chi connectivity index (χ3v) is 13.4. The summed E-state index contributed by atoms with van der Waals surface area (Å²) in [5.74, 6) is -5.94. The topological polar surface area (TPSA) is 275 Å². The minimum Gasteiger partial charge on any atom is -0.549 e. The van der Waals surface area contributed by atoms with Gasteiger partial charge in [-0.2, -0.15) is 16.8 Å². The third-order valence-electron chi connectivity index (χ3n) is 10.9. The number of carboxylic acids is 2. The zero-order chi connectivity index (χ0) is 43.3. The second kappa shape index (κ2) is 36.2. The summed E-state index contributed by atoms with van der Waals surface area (Å²) in [5.41, 5.74) is 7.36. The van der Waals surface area contributed by atoms with E-state index >= 15 is 0 Å². The predicted molar refractivity (Wildman–Crippen MR) is 216 cm³/mol. The molecule has 332 valence electrons. The molecule has 0 spiro atoms. The molecule has 0 aliphatic heterocycles. The summed E-state index contributed by atoms with van der Waals surface area (Å²) in [6.45, 7) is 8.37. The molecule has 0 bridgehead atoms. The van der Waals surface area contributed by atoms with Crippen LogP contribution < -0.4 is 80.8 Å². The van der Waals surface area contributed by atoms with Crippen molar-refractivity contribution in [3.8, 4) is 0 Å². The molecule has 18 heteroatoms. The second-order valence-electron chi connectivity index (χ2n) is 15.5. The van der Waals surface area contributed by atoms with E-state index in [4.69, 9.17) is 11.5 Å². The Balaban J connectivity index is -0.000000486. The van der Waals surface area contributed by atoms with Gasteiger partial charge in [0.15, 0.2) is 0 Å². The minimum atomic E-state index is -5.03. The fraction of sp³-hybridized carbons (Fsp3) is 0.900. The number of unbranched alkanes of at least 4 members (excludes halogenated alkanes) is 20. The molecular formula is C40H76N2Na2O12S2. The van der Waals surface area contributed by atoms with Crippen LogP contribution in [0.5, 0.6) is 0 Å². The smallest absolute Gasteiger partial charge is 0.549 e. The van der Waals surface area contributed by atoms with Gasteiger partial charge in [0.05, 0.1) is 22.8 Å². The number of carbonyl (C=O) groups excluding carboxylic acids is 4. The van der Waals surface area contributed by atoms with Crippen LogP contribution in [0.2, 0.25) is 0 Å². The molecule has 0 aromatic heterocycles. The average molecular weight is 887 g/mol. The Morgan fingerprint density at radius 3 is 0.741 bits per heavy atom. The number of aliphatic carboxylic acids is 2. The van der Waals surface area contributed by atoms with Crippen LogP contribution in [-0.2, 0) is 39.4 Å². The molecule has 0 rings (SSSR count). The van der Waals surface area contributed by atoms with Crippen molar-refractivity contribution in [1.29, 1.82) is 0 Å². The number of primary amides is 2. The Bertz CT molecular complexity index is 1200. The van der Waals surface area contributed by atoms with E-state index in [9.17, 15) is 55.3 Å². The Morgan fingerprint density at radius 2 is 0.603 bits per heavy atom. The third kappa shape index (κ3) is 26.2. The molecule has 0 aromatic rings. The Kier molecular flexibility index (Phi) is 40.2. The van der Waals surface area contributed by atoms with Gasteiger partial charge in [0.2, 0.25) is 11.8 Å². The Hall–Kier alpha value is -0.300.